The molecule has 3 aromatic rings. The molecule has 1 aromatic carbocycles. The highest BCUT2D eigenvalue weighted by molar-refractivity contribution is 5.93. The summed E-state index contributed by atoms with van der Waals surface area (Å²) in [5.74, 6) is 0.0118. The van der Waals surface area contributed by atoms with E-state index >= 15 is 0 Å². The van der Waals surface area contributed by atoms with Gasteiger partial charge in [-0.3, -0.25) is 9.59 Å². The van der Waals surface area contributed by atoms with Crippen molar-refractivity contribution in [1.29, 1.82) is 0 Å². The van der Waals surface area contributed by atoms with Crippen molar-refractivity contribution < 1.29 is 23.0 Å². The number of piperidine rings is 1. The predicted molar refractivity (Wildman–Crippen MR) is 139 cm³/mol. The smallest absolute Gasteiger partial charge is 0.224 e. The van der Waals surface area contributed by atoms with Gasteiger partial charge in [0.05, 0.1) is 11.6 Å². The summed E-state index contributed by atoms with van der Waals surface area (Å²) in [6.07, 6.45) is 7.81. The van der Waals surface area contributed by atoms with Crippen LogP contribution in [0.5, 0.6) is 0 Å². The number of ketones is 1. The van der Waals surface area contributed by atoms with Crippen LogP contribution >= 0.6 is 0 Å². The zero-order valence-electron chi connectivity index (χ0n) is 21.8. The average molecular weight is 523 g/mol. The van der Waals surface area contributed by atoms with Crippen LogP contribution < -0.4 is 5.32 Å². The molecule has 2 atom stereocenters. The van der Waals surface area contributed by atoms with Crippen LogP contribution in [0.3, 0.4) is 0 Å². The molecule has 3 heterocycles. The number of halogens is 1. The SMILES string of the molecule is CCN1CCC2(CC1)C[C@@H]2C(=O)NC(CCCCCC(=O)c1ccon1)c1cc(-c2ccccc2F)on1. The first-order valence-corrected chi connectivity index (χ1v) is 13.7. The molecular formula is C29H35FN4O4. The number of nitrogens with zero attached hydrogens (tertiary/aromatic N) is 3. The molecule has 1 aliphatic heterocycles. The minimum Gasteiger partial charge on any atom is -0.364 e. The van der Waals surface area contributed by atoms with Gasteiger partial charge in [0.2, 0.25) is 5.91 Å². The van der Waals surface area contributed by atoms with Crippen molar-refractivity contribution in [2.24, 2.45) is 11.3 Å². The molecule has 5 rings (SSSR count). The van der Waals surface area contributed by atoms with Crippen molar-refractivity contribution in [2.75, 3.05) is 19.6 Å². The Labute approximate surface area is 221 Å². The molecule has 202 valence electrons. The summed E-state index contributed by atoms with van der Waals surface area (Å²) in [6.45, 7) is 5.32. The maximum atomic E-state index is 14.3. The van der Waals surface area contributed by atoms with Crippen molar-refractivity contribution >= 4 is 11.7 Å². The topological polar surface area (TPSA) is 101 Å². The molecule has 1 amide bonds. The van der Waals surface area contributed by atoms with Crippen molar-refractivity contribution in [3.63, 3.8) is 0 Å². The zero-order valence-corrected chi connectivity index (χ0v) is 21.8. The van der Waals surface area contributed by atoms with Crippen LogP contribution in [0.25, 0.3) is 11.3 Å². The molecule has 0 radical (unpaired) electrons. The first-order valence-electron chi connectivity index (χ1n) is 13.7. The zero-order chi connectivity index (χ0) is 26.5. The van der Waals surface area contributed by atoms with E-state index in [9.17, 15) is 14.0 Å². The lowest BCUT2D eigenvalue weighted by atomic mass is 9.90. The van der Waals surface area contributed by atoms with Crippen LogP contribution in [-0.2, 0) is 4.79 Å². The monoisotopic (exact) mass is 522 g/mol. The quantitative estimate of drug-likeness (QED) is 0.245. The highest BCUT2D eigenvalue weighted by Crippen LogP contribution is 2.59. The molecule has 8 nitrogen and oxygen atoms in total. The van der Waals surface area contributed by atoms with Gasteiger partial charge >= 0.3 is 0 Å². The van der Waals surface area contributed by atoms with Gasteiger partial charge in [0.25, 0.3) is 0 Å². The number of likely N-dealkylation sites (tertiary alicyclic amines) is 1. The lowest BCUT2D eigenvalue weighted by molar-refractivity contribution is -0.124. The normalized spacial score (nSPS) is 19.4. The fraction of sp³-hybridized carbons (Fsp3) is 0.517. The first kappa shape index (κ1) is 26.3. The maximum Gasteiger partial charge on any atom is 0.224 e. The van der Waals surface area contributed by atoms with E-state index in [1.807, 2.05) is 0 Å². The lowest BCUT2D eigenvalue weighted by Gasteiger charge is -2.32. The number of nitrogens with one attached hydrogen (secondary N) is 1. The van der Waals surface area contributed by atoms with Crippen LogP contribution in [0.1, 0.15) is 80.5 Å². The van der Waals surface area contributed by atoms with Crippen LogP contribution in [0.2, 0.25) is 0 Å². The van der Waals surface area contributed by atoms with Gasteiger partial charge in [-0.25, -0.2) is 4.39 Å². The number of benzene rings is 1. The summed E-state index contributed by atoms with van der Waals surface area (Å²) in [6, 6.07) is 9.36. The van der Waals surface area contributed by atoms with Gasteiger partial charge in [0.15, 0.2) is 11.5 Å². The third-order valence-electron chi connectivity index (χ3n) is 8.27. The van der Waals surface area contributed by atoms with Gasteiger partial charge in [0, 0.05) is 24.5 Å². The summed E-state index contributed by atoms with van der Waals surface area (Å²) in [5.41, 5.74) is 1.41. The molecule has 1 aliphatic carbocycles. The van der Waals surface area contributed by atoms with E-state index in [2.05, 4.69) is 27.5 Å². The number of carbonyl (C=O) groups excluding carboxylic acids is 2. The standard InChI is InChI=1S/C29H35FN4O4/c1-2-34-15-13-29(14-16-34)19-21(29)28(36)31-23(10-4-3-5-11-26(35)24-12-17-37-32-24)25-18-27(38-33-25)20-8-6-7-9-22(20)30/h6-9,12,17-18,21,23H,2-5,10-11,13-16,19H2,1H3,(H,31,36)/t21-,23?/m1/s1. The number of rotatable bonds is 12. The summed E-state index contributed by atoms with van der Waals surface area (Å²) in [7, 11) is 0. The molecule has 1 saturated carbocycles. The van der Waals surface area contributed by atoms with Crippen LogP contribution in [0.15, 0.2) is 51.7 Å². The highest BCUT2D eigenvalue weighted by Gasteiger charge is 2.58. The average Bonchev–Trinajstić information content (AvgIpc) is 3.30. The van der Waals surface area contributed by atoms with Gasteiger partial charge < -0.3 is 19.3 Å². The summed E-state index contributed by atoms with van der Waals surface area (Å²) >= 11 is 0. The fourth-order valence-corrected chi connectivity index (χ4v) is 5.69. The first-order chi connectivity index (χ1) is 18.5. The second kappa shape index (κ2) is 11.6. The van der Waals surface area contributed by atoms with Crippen molar-refractivity contribution in [3.8, 4) is 11.3 Å². The molecule has 0 bridgehead atoms. The van der Waals surface area contributed by atoms with Gasteiger partial charge in [-0.15, -0.1) is 0 Å². The van der Waals surface area contributed by atoms with E-state index in [1.165, 1.54) is 12.3 Å². The van der Waals surface area contributed by atoms with E-state index in [4.69, 9.17) is 9.05 Å². The van der Waals surface area contributed by atoms with E-state index < -0.39 is 0 Å². The van der Waals surface area contributed by atoms with Gasteiger partial charge in [0.1, 0.15) is 23.5 Å². The van der Waals surface area contributed by atoms with Crippen molar-refractivity contribution in [1.82, 2.24) is 20.5 Å². The number of hydrogen-bond donors (Lipinski definition) is 1. The van der Waals surface area contributed by atoms with Gasteiger partial charge in [-0.2, -0.15) is 0 Å². The maximum absolute atomic E-state index is 14.3. The molecule has 2 aliphatic rings. The van der Waals surface area contributed by atoms with E-state index in [-0.39, 0.29) is 34.9 Å². The third kappa shape index (κ3) is 5.88. The van der Waals surface area contributed by atoms with Crippen molar-refractivity contribution in [3.05, 3.63) is 59.9 Å². The molecule has 1 N–H and O–H groups in total. The second-order valence-electron chi connectivity index (χ2n) is 10.6. The predicted octanol–water partition coefficient (Wildman–Crippen LogP) is 5.58. The van der Waals surface area contributed by atoms with E-state index in [0.717, 1.165) is 51.7 Å². The Balaban J connectivity index is 1.21. The summed E-state index contributed by atoms with van der Waals surface area (Å²) < 4.78 is 24.6. The number of amides is 1. The molecule has 1 spiro atoms. The van der Waals surface area contributed by atoms with Crippen LogP contribution in [-0.4, -0.2) is 46.5 Å². The fourth-order valence-electron chi connectivity index (χ4n) is 5.69. The van der Waals surface area contributed by atoms with Crippen LogP contribution in [0, 0.1) is 17.2 Å². The molecule has 2 fully saturated rings. The second-order valence-corrected chi connectivity index (χ2v) is 10.6. The highest BCUT2D eigenvalue weighted by atomic mass is 19.1. The van der Waals surface area contributed by atoms with E-state index in [0.29, 0.717) is 42.0 Å². The van der Waals surface area contributed by atoms with Gasteiger partial charge in [-0.05, 0) is 69.3 Å². The number of hydrogen-bond acceptors (Lipinski definition) is 7. The third-order valence-corrected chi connectivity index (χ3v) is 8.27. The molecule has 1 unspecified atom stereocenters. The largest absolute Gasteiger partial charge is 0.364 e. The lowest BCUT2D eigenvalue weighted by Crippen LogP contribution is -2.37. The molecule has 1 saturated heterocycles. The number of carbonyl (C=O) groups is 2. The Morgan fingerprint density at radius 2 is 1.97 bits per heavy atom. The Kier molecular flexibility index (Phi) is 8.02. The minimum absolute atomic E-state index is 0.0297. The number of unbranched alkanes of at least 4 members (excludes halogenated alkanes) is 2. The Morgan fingerprint density at radius 1 is 1.16 bits per heavy atom. The van der Waals surface area contributed by atoms with E-state index in [1.54, 1.807) is 30.3 Å². The minimum atomic E-state index is -0.383. The Morgan fingerprint density at radius 3 is 2.71 bits per heavy atom. The van der Waals surface area contributed by atoms with Crippen LogP contribution in [0.4, 0.5) is 4.39 Å². The van der Waals surface area contributed by atoms with Crippen molar-refractivity contribution in [2.45, 2.75) is 64.3 Å². The Hall–Kier alpha value is -3.33. The van der Waals surface area contributed by atoms with Gasteiger partial charge in [-0.1, -0.05) is 42.2 Å². The molecular weight excluding hydrogens is 487 g/mol. The Bertz CT molecular complexity index is 1230. The molecule has 38 heavy (non-hydrogen) atoms. The summed E-state index contributed by atoms with van der Waals surface area (Å²) in [4.78, 5) is 28.0. The molecule has 2 aromatic heterocycles. The number of aromatic nitrogens is 2. The molecule has 9 heteroatoms. The number of Topliss-reactive ketones (excluding diaryl/α,β-unsaturated/α-hetero) is 1. The summed E-state index contributed by atoms with van der Waals surface area (Å²) in [5, 5.41) is 11.1.